The third-order valence-electron chi connectivity index (χ3n) is 5.09. The number of rotatable bonds is 7. The highest BCUT2D eigenvalue weighted by atomic mass is 16.1. The number of H-pyrrole nitrogens is 1. The first-order chi connectivity index (χ1) is 14.6. The van der Waals surface area contributed by atoms with Gasteiger partial charge in [-0.05, 0) is 35.6 Å². The first kappa shape index (κ1) is 19.6. The van der Waals surface area contributed by atoms with Crippen molar-refractivity contribution in [2.75, 3.05) is 17.2 Å². The van der Waals surface area contributed by atoms with Crippen LogP contribution in [0.1, 0.15) is 41.4 Å². The molecule has 0 fully saturated rings. The van der Waals surface area contributed by atoms with Crippen LogP contribution in [0.25, 0.3) is 10.9 Å². The number of anilines is 2. The van der Waals surface area contributed by atoms with Crippen LogP contribution in [0.2, 0.25) is 0 Å². The summed E-state index contributed by atoms with van der Waals surface area (Å²) in [5.74, 6) is 0.700. The fraction of sp³-hybridized carbons (Fsp3) is 0.208. The highest BCUT2D eigenvalue weighted by Gasteiger charge is 2.12. The number of fused-ring (bicyclic) bond motifs is 1. The molecule has 2 heterocycles. The number of nitrogens with one attached hydrogen (secondary N) is 3. The van der Waals surface area contributed by atoms with Gasteiger partial charge in [-0.25, -0.2) is 9.97 Å². The predicted molar refractivity (Wildman–Crippen MR) is 121 cm³/mol. The third-order valence-corrected chi connectivity index (χ3v) is 5.09. The van der Waals surface area contributed by atoms with Gasteiger partial charge in [0.05, 0.1) is 12.4 Å². The van der Waals surface area contributed by atoms with Crippen LogP contribution >= 0.6 is 0 Å². The second kappa shape index (κ2) is 8.78. The van der Waals surface area contributed by atoms with Gasteiger partial charge in [0.25, 0.3) is 5.91 Å². The molecule has 4 aromatic rings. The van der Waals surface area contributed by atoms with E-state index in [1.54, 1.807) is 6.20 Å². The van der Waals surface area contributed by atoms with Gasteiger partial charge in [-0.1, -0.05) is 50.2 Å². The Hall–Kier alpha value is -3.67. The van der Waals surface area contributed by atoms with Crippen molar-refractivity contribution in [2.45, 2.75) is 26.2 Å². The van der Waals surface area contributed by atoms with Gasteiger partial charge in [0.2, 0.25) is 0 Å². The molecule has 6 heteroatoms. The van der Waals surface area contributed by atoms with Gasteiger partial charge in [-0.3, -0.25) is 4.79 Å². The molecule has 0 aliphatic heterocycles. The standard InChI is InChI=1S/C24H25N5O/c1-16(2)18-7-3-6-10-21(18)29-24(30)22-14-28-23(15-27-22)25-12-11-17-13-26-20-9-5-4-8-19(17)20/h3-10,13-16,26H,11-12H2,1-2H3,(H,25,28)(H,29,30). The lowest BCUT2D eigenvalue weighted by atomic mass is 10.0. The summed E-state index contributed by atoms with van der Waals surface area (Å²) < 4.78 is 0. The zero-order valence-electron chi connectivity index (χ0n) is 17.1. The molecule has 3 N–H and O–H groups in total. The lowest BCUT2D eigenvalue weighted by Gasteiger charge is -2.13. The van der Waals surface area contributed by atoms with Gasteiger partial charge >= 0.3 is 0 Å². The molecule has 2 aromatic heterocycles. The first-order valence-corrected chi connectivity index (χ1v) is 10.1. The van der Waals surface area contributed by atoms with E-state index in [-0.39, 0.29) is 11.6 Å². The third kappa shape index (κ3) is 4.33. The Balaban J connectivity index is 1.35. The topological polar surface area (TPSA) is 82.7 Å². The second-order valence-electron chi connectivity index (χ2n) is 7.52. The highest BCUT2D eigenvalue weighted by molar-refractivity contribution is 6.03. The smallest absolute Gasteiger partial charge is 0.275 e. The number of hydrogen-bond donors (Lipinski definition) is 3. The Morgan fingerprint density at radius 3 is 2.63 bits per heavy atom. The monoisotopic (exact) mass is 399 g/mol. The molecule has 30 heavy (non-hydrogen) atoms. The number of para-hydroxylation sites is 2. The largest absolute Gasteiger partial charge is 0.368 e. The summed E-state index contributed by atoms with van der Waals surface area (Å²) in [5, 5.41) is 7.44. The van der Waals surface area contributed by atoms with Crippen molar-refractivity contribution in [3.8, 4) is 0 Å². The van der Waals surface area contributed by atoms with Crippen molar-refractivity contribution < 1.29 is 4.79 Å². The van der Waals surface area contributed by atoms with Crippen LogP contribution in [-0.4, -0.2) is 27.4 Å². The minimum Gasteiger partial charge on any atom is -0.368 e. The summed E-state index contributed by atoms with van der Waals surface area (Å²) in [6.07, 6.45) is 6.00. The molecule has 0 radical (unpaired) electrons. The minimum absolute atomic E-state index is 0.263. The van der Waals surface area contributed by atoms with E-state index in [0.717, 1.165) is 29.7 Å². The number of carbonyl (C=O) groups excluding carboxylic acids is 1. The van der Waals surface area contributed by atoms with Gasteiger partial charge in [-0.2, -0.15) is 0 Å². The number of amides is 1. The molecule has 2 aromatic carbocycles. The molecule has 0 aliphatic rings. The molecule has 6 nitrogen and oxygen atoms in total. The van der Waals surface area contributed by atoms with E-state index in [0.29, 0.717) is 11.7 Å². The average molecular weight is 399 g/mol. The Morgan fingerprint density at radius 1 is 1.03 bits per heavy atom. The first-order valence-electron chi connectivity index (χ1n) is 10.1. The summed E-state index contributed by atoms with van der Waals surface area (Å²) >= 11 is 0. The SMILES string of the molecule is CC(C)c1ccccc1NC(=O)c1cnc(NCCc2c[nH]c3ccccc23)cn1. The molecular formula is C24H25N5O. The van der Waals surface area contributed by atoms with E-state index in [2.05, 4.69) is 51.6 Å². The Morgan fingerprint density at radius 2 is 1.83 bits per heavy atom. The summed E-state index contributed by atoms with van der Waals surface area (Å²) in [6.45, 7) is 4.92. The van der Waals surface area contributed by atoms with E-state index in [4.69, 9.17) is 0 Å². The van der Waals surface area contributed by atoms with E-state index < -0.39 is 0 Å². The minimum atomic E-state index is -0.263. The van der Waals surface area contributed by atoms with Crippen molar-refractivity contribution >= 4 is 28.3 Å². The van der Waals surface area contributed by atoms with Crippen molar-refractivity contribution in [1.82, 2.24) is 15.0 Å². The molecule has 1 amide bonds. The molecule has 0 saturated heterocycles. The van der Waals surface area contributed by atoms with Crippen LogP contribution in [0.4, 0.5) is 11.5 Å². The maximum atomic E-state index is 12.6. The fourth-order valence-corrected chi connectivity index (χ4v) is 3.50. The van der Waals surface area contributed by atoms with Crippen LogP contribution in [0.15, 0.2) is 67.1 Å². The molecule has 0 bridgehead atoms. The van der Waals surface area contributed by atoms with Gasteiger partial charge in [0.15, 0.2) is 0 Å². The number of hydrogen-bond acceptors (Lipinski definition) is 4. The van der Waals surface area contributed by atoms with Gasteiger partial charge in [0.1, 0.15) is 11.5 Å². The van der Waals surface area contributed by atoms with Crippen molar-refractivity contribution in [3.05, 3.63) is 83.9 Å². The van der Waals surface area contributed by atoms with E-state index in [1.807, 2.05) is 42.6 Å². The number of aromatic amines is 1. The number of carbonyl (C=O) groups is 1. The summed E-state index contributed by atoms with van der Waals surface area (Å²) in [5.41, 5.74) is 4.58. The zero-order valence-corrected chi connectivity index (χ0v) is 17.1. The Kier molecular flexibility index (Phi) is 5.75. The van der Waals surface area contributed by atoms with Gasteiger partial charge < -0.3 is 15.6 Å². The quantitative estimate of drug-likeness (QED) is 0.409. The van der Waals surface area contributed by atoms with Crippen LogP contribution in [0, 0.1) is 0 Å². The van der Waals surface area contributed by atoms with Crippen LogP contribution in [0.3, 0.4) is 0 Å². The normalized spacial score (nSPS) is 11.0. The fourth-order valence-electron chi connectivity index (χ4n) is 3.50. The van der Waals surface area contributed by atoms with Crippen LogP contribution in [-0.2, 0) is 6.42 Å². The highest BCUT2D eigenvalue weighted by Crippen LogP contribution is 2.24. The molecule has 0 spiro atoms. The summed E-state index contributed by atoms with van der Waals surface area (Å²) in [4.78, 5) is 24.5. The lowest BCUT2D eigenvalue weighted by Crippen LogP contribution is -2.16. The summed E-state index contributed by atoms with van der Waals surface area (Å²) in [6, 6.07) is 16.1. The van der Waals surface area contributed by atoms with E-state index in [9.17, 15) is 4.79 Å². The number of nitrogens with zero attached hydrogens (tertiary/aromatic N) is 2. The van der Waals surface area contributed by atoms with Crippen LogP contribution < -0.4 is 10.6 Å². The maximum absolute atomic E-state index is 12.6. The predicted octanol–water partition coefficient (Wildman–Crippen LogP) is 4.99. The maximum Gasteiger partial charge on any atom is 0.275 e. The molecular weight excluding hydrogens is 374 g/mol. The molecule has 152 valence electrons. The summed E-state index contributed by atoms with van der Waals surface area (Å²) in [7, 11) is 0. The zero-order chi connectivity index (χ0) is 20.9. The molecule has 0 aliphatic carbocycles. The molecule has 0 saturated carbocycles. The average Bonchev–Trinajstić information content (AvgIpc) is 3.17. The Bertz CT molecular complexity index is 1150. The van der Waals surface area contributed by atoms with Crippen molar-refractivity contribution in [2.24, 2.45) is 0 Å². The lowest BCUT2D eigenvalue weighted by molar-refractivity contribution is 0.102. The Labute approximate surface area is 175 Å². The van der Waals surface area contributed by atoms with Crippen molar-refractivity contribution in [1.29, 1.82) is 0 Å². The van der Waals surface area contributed by atoms with Crippen molar-refractivity contribution in [3.63, 3.8) is 0 Å². The van der Waals surface area contributed by atoms with E-state index in [1.165, 1.54) is 17.1 Å². The number of benzene rings is 2. The second-order valence-corrected chi connectivity index (χ2v) is 7.52. The van der Waals surface area contributed by atoms with Gasteiger partial charge in [0, 0.05) is 29.3 Å². The van der Waals surface area contributed by atoms with E-state index >= 15 is 0 Å². The molecule has 0 atom stereocenters. The van der Waals surface area contributed by atoms with Gasteiger partial charge in [-0.15, -0.1) is 0 Å². The number of aromatic nitrogens is 3. The molecule has 4 rings (SSSR count). The van der Waals surface area contributed by atoms with Crippen LogP contribution in [0.5, 0.6) is 0 Å². The molecule has 0 unspecified atom stereocenters.